The highest BCUT2D eigenvalue weighted by molar-refractivity contribution is 5.87. The zero-order valence-corrected chi connectivity index (χ0v) is 9.55. The molecule has 0 bridgehead atoms. The van der Waals surface area contributed by atoms with Crippen LogP contribution in [0.1, 0.15) is 26.7 Å². The van der Waals surface area contributed by atoms with Crippen molar-refractivity contribution < 1.29 is 4.79 Å². The summed E-state index contributed by atoms with van der Waals surface area (Å²) in [6, 6.07) is 0.144. The monoisotopic (exact) mass is 205 g/mol. The zero-order valence-electron chi connectivity index (χ0n) is 9.55. The van der Waals surface area contributed by atoms with Crippen LogP contribution in [0.25, 0.3) is 0 Å². The van der Waals surface area contributed by atoms with Gasteiger partial charge in [-0.25, -0.2) is 0 Å². The van der Waals surface area contributed by atoms with Gasteiger partial charge in [0.05, 0.1) is 6.04 Å². The van der Waals surface area contributed by atoms with E-state index >= 15 is 0 Å². The fourth-order valence-corrected chi connectivity index (χ4v) is 1.84. The van der Waals surface area contributed by atoms with Gasteiger partial charge in [-0.2, -0.15) is 0 Å². The van der Waals surface area contributed by atoms with Crippen LogP contribution in [-0.2, 0) is 4.79 Å². The number of nitrogens with one attached hydrogen (secondary N) is 1. The van der Waals surface area contributed by atoms with Crippen molar-refractivity contribution >= 4 is 5.91 Å². The molecule has 1 aliphatic rings. The van der Waals surface area contributed by atoms with Gasteiger partial charge < -0.3 is 5.32 Å². The summed E-state index contributed by atoms with van der Waals surface area (Å²) in [5.74, 6) is 0.388. The number of carbonyl (C=O) groups excluding carboxylic acids is 1. The van der Waals surface area contributed by atoms with E-state index in [2.05, 4.69) is 31.5 Å². The summed E-state index contributed by atoms with van der Waals surface area (Å²) < 4.78 is 0. The highest BCUT2D eigenvalue weighted by Crippen LogP contribution is 2.28. The number of carbonyl (C=O) groups is 1. The molecular weight excluding hydrogens is 186 g/mol. The van der Waals surface area contributed by atoms with E-state index in [-0.39, 0.29) is 11.9 Å². The topological polar surface area (TPSA) is 29.1 Å². The molecule has 2 nitrogen and oxygen atoms in total. The maximum Gasteiger partial charge on any atom is 0.243 e. The Bertz CT molecular complexity index is 314. The van der Waals surface area contributed by atoms with Gasteiger partial charge in [0.25, 0.3) is 0 Å². The Balaban J connectivity index is 2.67. The minimum atomic E-state index is -0.102. The second kappa shape index (κ2) is 4.96. The molecule has 1 N–H and O–H groups in total. The molecule has 0 unspecified atom stereocenters. The van der Waals surface area contributed by atoms with Crippen molar-refractivity contribution in [3.8, 4) is 0 Å². The number of allylic oxidation sites excluding steroid dienone is 2. The van der Waals surface area contributed by atoms with Crippen molar-refractivity contribution in [3.63, 3.8) is 0 Å². The number of rotatable bonds is 3. The summed E-state index contributed by atoms with van der Waals surface area (Å²) in [4.78, 5) is 11.2. The van der Waals surface area contributed by atoms with Crippen molar-refractivity contribution in [2.24, 2.45) is 5.92 Å². The fraction of sp³-hybridized carbons (Fsp3) is 0.462. The summed E-state index contributed by atoms with van der Waals surface area (Å²) in [6.45, 7) is 11.5. The summed E-state index contributed by atoms with van der Waals surface area (Å²) in [6.07, 6.45) is 5.51. The average Bonchev–Trinajstić information content (AvgIpc) is 2.20. The fourth-order valence-electron chi connectivity index (χ4n) is 1.84. The molecule has 0 spiro atoms. The van der Waals surface area contributed by atoms with Crippen LogP contribution >= 0.6 is 0 Å². The summed E-state index contributed by atoms with van der Waals surface area (Å²) in [5, 5.41) is 2.94. The molecule has 0 aromatic rings. The molecular formula is C13H19NO. The maximum absolute atomic E-state index is 11.2. The minimum Gasteiger partial charge on any atom is -0.346 e. The Hall–Kier alpha value is -1.31. The van der Waals surface area contributed by atoms with Gasteiger partial charge in [-0.15, -0.1) is 0 Å². The molecule has 1 aliphatic carbocycles. The van der Waals surface area contributed by atoms with Gasteiger partial charge in [-0.1, -0.05) is 30.4 Å². The predicted octanol–water partition coefficient (Wildman–Crippen LogP) is 2.59. The van der Waals surface area contributed by atoms with E-state index in [1.165, 1.54) is 17.2 Å². The lowest BCUT2D eigenvalue weighted by atomic mass is 9.83. The number of hydrogen-bond acceptors (Lipinski definition) is 1. The van der Waals surface area contributed by atoms with Gasteiger partial charge in [0.15, 0.2) is 0 Å². The Morgan fingerprint density at radius 2 is 2.33 bits per heavy atom. The van der Waals surface area contributed by atoms with Crippen LogP contribution < -0.4 is 5.32 Å². The van der Waals surface area contributed by atoms with E-state index in [1.54, 1.807) is 0 Å². The SMILES string of the molecule is C=CC(=O)N[C@@H]1C[C@@H](C(=C)C)CC=C1C. The summed E-state index contributed by atoms with van der Waals surface area (Å²) in [7, 11) is 0. The first kappa shape index (κ1) is 11.8. The van der Waals surface area contributed by atoms with E-state index in [0.29, 0.717) is 5.92 Å². The van der Waals surface area contributed by atoms with Crippen LogP contribution in [0, 0.1) is 5.92 Å². The van der Waals surface area contributed by atoms with Crippen molar-refractivity contribution in [3.05, 3.63) is 36.5 Å². The van der Waals surface area contributed by atoms with E-state index in [4.69, 9.17) is 0 Å². The molecule has 0 radical (unpaired) electrons. The van der Waals surface area contributed by atoms with E-state index in [1.807, 2.05) is 6.92 Å². The smallest absolute Gasteiger partial charge is 0.243 e. The molecule has 0 heterocycles. The van der Waals surface area contributed by atoms with Crippen molar-refractivity contribution in [1.82, 2.24) is 5.32 Å². The highest BCUT2D eigenvalue weighted by Gasteiger charge is 2.22. The normalized spacial score (nSPS) is 25.3. The quantitative estimate of drug-likeness (QED) is 0.557. The molecule has 1 rings (SSSR count). The lowest BCUT2D eigenvalue weighted by Gasteiger charge is -2.29. The second-order valence-electron chi connectivity index (χ2n) is 4.23. The van der Waals surface area contributed by atoms with E-state index < -0.39 is 0 Å². The molecule has 1 amide bonds. The Morgan fingerprint density at radius 1 is 1.67 bits per heavy atom. The van der Waals surface area contributed by atoms with Crippen LogP contribution in [0.3, 0.4) is 0 Å². The molecule has 2 heteroatoms. The molecule has 0 fully saturated rings. The van der Waals surface area contributed by atoms with Gasteiger partial charge in [-0.3, -0.25) is 4.79 Å². The number of amides is 1. The van der Waals surface area contributed by atoms with Crippen LogP contribution in [0.5, 0.6) is 0 Å². The van der Waals surface area contributed by atoms with Gasteiger partial charge in [0, 0.05) is 0 Å². The van der Waals surface area contributed by atoms with Crippen molar-refractivity contribution in [2.75, 3.05) is 0 Å². The molecule has 15 heavy (non-hydrogen) atoms. The van der Waals surface area contributed by atoms with Crippen LogP contribution in [0.4, 0.5) is 0 Å². The molecule has 0 aromatic heterocycles. The van der Waals surface area contributed by atoms with Gasteiger partial charge >= 0.3 is 0 Å². The Kier molecular flexibility index (Phi) is 3.89. The average molecular weight is 205 g/mol. The van der Waals surface area contributed by atoms with Crippen molar-refractivity contribution in [2.45, 2.75) is 32.7 Å². The first-order valence-electron chi connectivity index (χ1n) is 5.29. The summed E-state index contributed by atoms with van der Waals surface area (Å²) in [5.41, 5.74) is 2.43. The van der Waals surface area contributed by atoms with Crippen LogP contribution in [0.15, 0.2) is 36.5 Å². The van der Waals surface area contributed by atoms with Gasteiger partial charge in [-0.05, 0) is 38.7 Å². The standard InChI is InChI=1S/C13H19NO/c1-5-13(15)14-12-8-11(9(2)3)7-6-10(12)4/h5-6,11-12H,1-2,7-8H2,3-4H3,(H,14,15)/t11-,12+/m0/s1. The molecule has 82 valence electrons. The minimum absolute atomic E-state index is 0.102. The molecule has 0 saturated heterocycles. The third-order valence-corrected chi connectivity index (χ3v) is 2.99. The molecule has 0 aromatic carbocycles. The van der Waals surface area contributed by atoms with Crippen LogP contribution in [0.2, 0.25) is 0 Å². The van der Waals surface area contributed by atoms with Crippen LogP contribution in [-0.4, -0.2) is 11.9 Å². The third kappa shape index (κ3) is 3.08. The predicted molar refractivity (Wildman–Crippen MR) is 63.4 cm³/mol. The molecule has 2 atom stereocenters. The lowest BCUT2D eigenvalue weighted by Crippen LogP contribution is -2.37. The van der Waals surface area contributed by atoms with E-state index in [9.17, 15) is 4.79 Å². The first-order valence-corrected chi connectivity index (χ1v) is 5.29. The largest absolute Gasteiger partial charge is 0.346 e. The maximum atomic E-state index is 11.2. The third-order valence-electron chi connectivity index (χ3n) is 2.99. The van der Waals surface area contributed by atoms with Crippen molar-refractivity contribution in [1.29, 1.82) is 0 Å². The Morgan fingerprint density at radius 3 is 2.87 bits per heavy atom. The van der Waals surface area contributed by atoms with Gasteiger partial charge in [0.2, 0.25) is 5.91 Å². The second-order valence-corrected chi connectivity index (χ2v) is 4.23. The first-order chi connectivity index (χ1) is 7.04. The Labute approximate surface area is 91.8 Å². The highest BCUT2D eigenvalue weighted by atomic mass is 16.1. The molecule has 0 saturated carbocycles. The van der Waals surface area contributed by atoms with E-state index in [0.717, 1.165) is 12.8 Å². The zero-order chi connectivity index (χ0) is 11.4. The summed E-state index contributed by atoms with van der Waals surface area (Å²) >= 11 is 0. The lowest BCUT2D eigenvalue weighted by molar-refractivity contribution is -0.117. The molecule has 0 aliphatic heterocycles. The number of hydrogen-bond donors (Lipinski definition) is 1. The van der Waals surface area contributed by atoms with Gasteiger partial charge in [0.1, 0.15) is 0 Å².